The first kappa shape index (κ1) is 21.5. The van der Waals surface area contributed by atoms with Crippen LogP contribution >= 0.6 is 0 Å². The maximum Gasteiger partial charge on any atom is 2.00 e. The zero-order valence-corrected chi connectivity index (χ0v) is 13.8. The van der Waals surface area contributed by atoms with Gasteiger partial charge < -0.3 is 23.3 Å². The first-order valence-corrected chi connectivity index (χ1v) is 6.08. The predicted molar refractivity (Wildman–Crippen MR) is 79.2 cm³/mol. The first-order chi connectivity index (χ1) is 8.72. The fourth-order valence-corrected chi connectivity index (χ4v) is 1.02. The van der Waals surface area contributed by atoms with Gasteiger partial charge in [-0.3, -0.25) is 0 Å². The molecule has 0 unspecified atom stereocenters. The van der Waals surface area contributed by atoms with Gasteiger partial charge in [0.05, 0.1) is 0 Å². The molecule has 0 heterocycles. The third-order valence-corrected chi connectivity index (χ3v) is 2.42. The maximum absolute atomic E-state index is 3.03. The SMILES string of the molecule is C[C-]=C(C)C(C)=[C-]C.[CH]1[CH][CH][CH][CH]1.[CH]1[CH][CH][CH][CH]1.[Ti+2]. The molecule has 0 aromatic rings. The van der Waals surface area contributed by atoms with E-state index in [1.807, 2.05) is 91.9 Å². The summed E-state index contributed by atoms with van der Waals surface area (Å²) < 4.78 is 0. The van der Waals surface area contributed by atoms with Crippen LogP contribution in [0, 0.1) is 76.4 Å². The molecule has 2 aliphatic carbocycles. The third-order valence-electron chi connectivity index (χ3n) is 2.42. The molecule has 0 saturated heterocycles. The zero-order chi connectivity index (χ0) is 13.6. The van der Waals surface area contributed by atoms with E-state index in [2.05, 4.69) is 12.2 Å². The first-order valence-electron chi connectivity index (χ1n) is 6.08. The number of hydrogen-bond acceptors (Lipinski definition) is 0. The van der Waals surface area contributed by atoms with Crippen LogP contribution in [0.2, 0.25) is 0 Å². The molecule has 2 rings (SSSR count). The second-order valence-electron chi connectivity index (χ2n) is 3.67. The summed E-state index contributed by atoms with van der Waals surface area (Å²) >= 11 is 0. The van der Waals surface area contributed by atoms with E-state index in [0.717, 1.165) is 0 Å². The van der Waals surface area contributed by atoms with Crippen molar-refractivity contribution >= 4 is 0 Å². The molecule has 0 atom stereocenters. The topological polar surface area (TPSA) is 0 Å². The Labute approximate surface area is 137 Å². The van der Waals surface area contributed by atoms with E-state index in [9.17, 15) is 0 Å². The van der Waals surface area contributed by atoms with Gasteiger partial charge in [0.2, 0.25) is 0 Å². The summed E-state index contributed by atoms with van der Waals surface area (Å²) in [4.78, 5) is 0. The number of hydrogen-bond donors (Lipinski definition) is 0. The molecule has 2 aliphatic rings. The maximum atomic E-state index is 3.03. The minimum Gasteiger partial charge on any atom is -0.376 e. The molecule has 0 aromatic carbocycles. The van der Waals surface area contributed by atoms with Crippen LogP contribution in [0.15, 0.2) is 11.1 Å². The fraction of sp³-hybridized carbons (Fsp3) is 0.222. The smallest absolute Gasteiger partial charge is 0.376 e. The second kappa shape index (κ2) is 16.2. The molecule has 0 bridgehead atoms. The van der Waals surface area contributed by atoms with Gasteiger partial charge in [0.1, 0.15) is 0 Å². The Kier molecular flexibility index (Phi) is 18.4. The Morgan fingerprint density at radius 2 is 0.684 bits per heavy atom. The summed E-state index contributed by atoms with van der Waals surface area (Å²) in [7, 11) is 0. The Morgan fingerprint density at radius 1 is 0.526 bits per heavy atom. The van der Waals surface area contributed by atoms with Gasteiger partial charge in [-0.15, -0.1) is 27.7 Å². The van der Waals surface area contributed by atoms with Gasteiger partial charge in [-0.2, -0.15) is 0 Å². The number of rotatable bonds is 1. The molecule has 10 radical (unpaired) electrons. The van der Waals surface area contributed by atoms with Crippen molar-refractivity contribution in [1.82, 2.24) is 0 Å². The molecule has 2 saturated carbocycles. The van der Waals surface area contributed by atoms with Gasteiger partial charge >= 0.3 is 21.7 Å². The zero-order valence-electron chi connectivity index (χ0n) is 12.3. The van der Waals surface area contributed by atoms with E-state index >= 15 is 0 Å². The van der Waals surface area contributed by atoms with Crippen molar-refractivity contribution in [2.45, 2.75) is 27.7 Å². The molecule has 0 aromatic heterocycles. The summed E-state index contributed by atoms with van der Waals surface area (Å²) in [6, 6.07) is 0. The van der Waals surface area contributed by atoms with Gasteiger partial charge in [-0.05, 0) is 64.2 Å². The minimum absolute atomic E-state index is 0. The van der Waals surface area contributed by atoms with Gasteiger partial charge in [0.25, 0.3) is 0 Å². The average molecular weight is 286 g/mol. The fourth-order valence-electron chi connectivity index (χ4n) is 1.02. The van der Waals surface area contributed by atoms with Crippen molar-refractivity contribution < 1.29 is 21.7 Å². The van der Waals surface area contributed by atoms with Crippen molar-refractivity contribution in [2.75, 3.05) is 0 Å². The predicted octanol–water partition coefficient (Wildman–Crippen LogP) is 4.57. The Balaban J connectivity index is 0. The molecule has 0 nitrogen and oxygen atoms in total. The summed E-state index contributed by atoms with van der Waals surface area (Å²) in [6.45, 7) is 7.89. The van der Waals surface area contributed by atoms with Crippen LogP contribution in [-0.2, 0) is 21.7 Å². The van der Waals surface area contributed by atoms with Gasteiger partial charge in [-0.25, -0.2) is 0 Å². The van der Waals surface area contributed by atoms with Crippen LogP contribution < -0.4 is 0 Å². The normalized spacial score (nSPS) is 18.7. The minimum atomic E-state index is 0. The van der Waals surface area contributed by atoms with E-state index in [0.29, 0.717) is 0 Å². The van der Waals surface area contributed by atoms with Crippen LogP contribution in [0.1, 0.15) is 27.7 Å². The van der Waals surface area contributed by atoms with E-state index < -0.39 is 0 Å². The van der Waals surface area contributed by atoms with E-state index in [-0.39, 0.29) is 21.7 Å². The second-order valence-corrected chi connectivity index (χ2v) is 3.67. The van der Waals surface area contributed by atoms with Gasteiger partial charge in [0, 0.05) is 0 Å². The number of allylic oxidation sites excluding steroid dienone is 4. The van der Waals surface area contributed by atoms with Gasteiger partial charge in [0.15, 0.2) is 0 Å². The van der Waals surface area contributed by atoms with Crippen molar-refractivity contribution in [3.8, 4) is 0 Å². The molecule has 0 aliphatic heterocycles. The summed E-state index contributed by atoms with van der Waals surface area (Å²) in [5.74, 6) is 0. The van der Waals surface area contributed by atoms with E-state index in [1.165, 1.54) is 11.1 Å². The van der Waals surface area contributed by atoms with Gasteiger partial charge in [-0.1, -0.05) is 0 Å². The van der Waals surface area contributed by atoms with E-state index in [4.69, 9.17) is 0 Å². The Morgan fingerprint density at radius 3 is 0.789 bits per heavy atom. The monoisotopic (exact) mass is 286 g/mol. The van der Waals surface area contributed by atoms with Crippen LogP contribution in [0.25, 0.3) is 0 Å². The molecule has 0 spiro atoms. The summed E-state index contributed by atoms with van der Waals surface area (Å²) in [5, 5.41) is 0. The molecule has 1 heteroatoms. The standard InChI is InChI=1S/C8H12.2C5H5.Ti/c1-5-7(3)8(4)6-2;2*1-2-4-5-3-1;/h1-4H3;2*1-5H;/q-2;;;+2. The van der Waals surface area contributed by atoms with Crippen molar-refractivity contribution in [1.29, 1.82) is 0 Å². The van der Waals surface area contributed by atoms with Crippen LogP contribution in [0.5, 0.6) is 0 Å². The van der Waals surface area contributed by atoms with Crippen LogP contribution in [0.3, 0.4) is 0 Å². The molecular formula is C18H22Ti. The summed E-state index contributed by atoms with van der Waals surface area (Å²) in [6.07, 6.45) is 26.1. The molecule has 0 amide bonds. The van der Waals surface area contributed by atoms with Crippen molar-refractivity contribution in [3.63, 3.8) is 0 Å². The third kappa shape index (κ3) is 14.4. The van der Waals surface area contributed by atoms with Crippen LogP contribution in [0.4, 0.5) is 0 Å². The summed E-state index contributed by atoms with van der Waals surface area (Å²) in [5.41, 5.74) is 2.38. The molecule has 0 N–H and O–H groups in total. The Hall–Kier alpha value is 0.194. The van der Waals surface area contributed by atoms with E-state index in [1.54, 1.807) is 0 Å². The largest absolute Gasteiger partial charge is 2.00 e. The molecular weight excluding hydrogens is 264 g/mol. The Bertz CT molecular complexity index is 189. The van der Waals surface area contributed by atoms with Crippen molar-refractivity contribution in [3.05, 3.63) is 87.5 Å². The molecule has 19 heavy (non-hydrogen) atoms. The molecule has 98 valence electrons. The van der Waals surface area contributed by atoms with Crippen molar-refractivity contribution in [2.24, 2.45) is 0 Å². The quantitative estimate of drug-likeness (QED) is 0.376. The molecule has 2 fully saturated rings. The average Bonchev–Trinajstić information content (AvgIpc) is 3.12. The van der Waals surface area contributed by atoms with Crippen LogP contribution in [-0.4, -0.2) is 0 Å².